The second-order valence-corrected chi connectivity index (χ2v) is 9.17. The van der Waals surface area contributed by atoms with Crippen LogP contribution in [0.5, 0.6) is 0 Å². The van der Waals surface area contributed by atoms with Crippen molar-refractivity contribution < 1.29 is 24.1 Å². The zero-order valence-corrected chi connectivity index (χ0v) is 12.5. The Morgan fingerprint density at radius 2 is 1.37 bits per heavy atom. The molecule has 2 amide bonds. The summed E-state index contributed by atoms with van der Waals surface area (Å²) in [4.78, 5) is 23.3. The molecule has 0 aromatic carbocycles. The molecule has 0 aromatic rings. The Morgan fingerprint density at radius 1 is 0.947 bits per heavy atom. The Bertz CT molecular complexity index is 482. The van der Waals surface area contributed by atoms with Crippen LogP contribution in [-0.2, 0) is 24.1 Å². The maximum atomic E-state index is 11.6. The van der Waals surface area contributed by atoms with Gasteiger partial charge in [0.2, 0.25) is 0 Å². The van der Waals surface area contributed by atoms with E-state index in [1.54, 1.807) is 0 Å². The summed E-state index contributed by atoms with van der Waals surface area (Å²) in [5.74, 6) is -0.191. The Labute approximate surface area is 116 Å². The molecule has 101 valence electrons. The third-order valence-electron chi connectivity index (χ3n) is 3.02. The number of hydrogen-bond acceptors (Lipinski definition) is 2. The molecule has 0 unspecified atom stereocenters. The molecule has 2 N–H and O–H groups in total. The van der Waals surface area contributed by atoms with Crippen molar-refractivity contribution in [2.24, 2.45) is 0 Å². The topological polar surface area (TPSA) is 58.2 Å². The second-order valence-electron chi connectivity index (χ2n) is 4.59. The van der Waals surface area contributed by atoms with Crippen molar-refractivity contribution in [2.75, 3.05) is 0 Å². The molecule has 0 atom stereocenters. The van der Waals surface area contributed by atoms with E-state index in [2.05, 4.69) is 20.5 Å². The molecule has 0 aliphatic heterocycles. The fourth-order valence-corrected chi connectivity index (χ4v) is 7.53. The third kappa shape index (κ3) is 2.91. The van der Waals surface area contributed by atoms with Gasteiger partial charge >= 0.3 is 116 Å². The van der Waals surface area contributed by atoms with Gasteiger partial charge in [-0.1, -0.05) is 0 Å². The fraction of sp³-hybridized carbons (Fsp3) is 0.286. The van der Waals surface area contributed by atoms with Gasteiger partial charge in [-0.15, -0.1) is 0 Å². The number of hydrogen-bond donors (Lipinski definition) is 2. The fourth-order valence-electron chi connectivity index (χ4n) is 2.34. The van der Waals surface area contributed by atoms with E-state index < -0.39 is 14.5 Å². The van der Waals surface area contributed by atoms with Crippen LogP contribution in [0.15, 0.2) is 45.0 Å². The van der Waals surface area contributed by atoms with E-state index in [1.807, 2.05) is 24.3 Å². The summed E-state index contributed by atoms with van der Waals surface area (Å²) in [6, 6.07) is 0. The Balaban J connectivity index is 2.42. The standard InChI is InChI=1S/2C5H5.2C2H5NO.V/c2*1-2-4-5-3-1;2*1-2(3)4;/h2*1-3H,4H2;2*1H3,(H2,3,4);/q;;;;+2/p-2. The Hall–Kier alpha value is -1.52. The van der Waals surface area contributed by atoms with Crippen LogP contribution in [0.25, 0.3) is 0 Å². The SMILES string of the molecule is CC(=O)[NH][V]([NH]C(C)=O)([C]1=CC=CC1)[C]1=CC=CC1. The molecule has 2 rings (SSSR count). The summed E-state index contributed by atoms with van der Waals surface area (Å²) in [5, 5.41) is 0. The molecule has 0 aromatic heterocycles. The monoisotopic (exact) mass is 297 g/mol. The molecule has 0 fully saturated rings. The van der Waals surface area contributed by atoms with Gasteiger partial charge in [-0.05, 0) is 0 Å². The van der Waals surface area contributed by atoms with Gasteiger partial charge in [-0.3, -0.25) is 0 Å². The van der Waals surface area contributed by atoms with E-state index in [0.29, 0.717) is 0 Å². The summed E-state index contributed by atoms with van der Waals surface area (Å²) >= 11 is -3.08. The molecular weight excluding hydrogens is 279 g/mol. The van der Waals surface area contributed by atoms with Gasteiger partial charge in [-0.2, -0.15) is 0 Å². The summed E-state index contributed by atoms with van der Waals surface area (Å²) in [5.41, 5.74) is 0. The van der Waals surface area contributed by atoms with Crippen LogP contribution in [-0.4, -0.2) is 11.8 Å². The molecule has 0 bridgehead atoms. The summed E-state index contributed by atoms with van der Waals surface area (Å²) in [7, 11) is 0. The van der Waals surface area contributed by atoms with Crippen molar-refractivity contribution in [3.05, 3.63) is 45.0 Å². The van der Waals surface area contributed by atoms with Crippen LogP contribution >= 0.6 is 0 Å². The molecule has 5 heteroatoms. The number of allylic oxidation sites excluding steroid dienone is 8. The van der Waals surface area contributed by atoms with Crippen LogP contribution < -0.4 is 8.33 Å². The summed E-state index contributed by atoms with van der Waals surface area (Å²) in [6.07, 6.45) is 13.7. The quantitative estimate of drug-likeness (QED) is 0.833. The first-order valence-electron chi connectivity index (χ1n) is 6.24. The summed E-state index contributed by atoms with van der Waals surface area (Å²) in [6.45, 7) is 3.01. The molecule has 2 aliphatic carbocycles. The van der Waals surface area contributed by atoms with E-state index in [1.165, 1.54) is 13.8 Å². The zero-order valence-electron chi connectivity index (χ0n) is 11.1. The van der Waals surface area contributed by atoms with Crippen molar-refractivity contribution in [1.82, 2.24) is 8.33 Å². The van der Waals surface area contributed by atoms with Crippen molar-refractivity contribution in [3.63, 3.8) is 0 Å². The maximum absolute atomic E-state index is 11.6. The van der Waals surface area contributed by atoms with Gasteiger partial charge in [0, 0.05) is 0 Å². The second kappa shape index (κ2) is 5.63. The summed E-state index contributed by atoms with van der Waals surface area (Å²) < 4.78 is 8.49. The van der Waals surface area contributed by atoms with Crippen molar-refractivity contribution >= 4 is 11.8 Å². The number of rotatable bonds is 4. The molecule has 0 saturated carbocycles. The van der Waals surface area contributed by atoms with Gasteiger partial charge in [0.05, 0.1) is 0 Å². The number of nitrogens with one attached hydrogen (secondary N) is 2. The van der Waals surface area contributed by atoms with Crippen molar-refractivity contribution in [3.8, 4) is 0 Å². The van der Waals surface area contributed by atoms with Crippen LogP contribution in [0, 0.1) is 0 Å². The zero-order chi connectivity index (χ0) is 13.9. The third-order valence-corrected chi connectivity index (χ3v) is 8.77. The normalized spacial score (nSPS) is 17.2. The molecule has 2 aliphatic rings. The van der Waals surface area contributed by atoms with E-state index in [4.69, 9.17) is 0 Å². The van der Waals surface area contributed by atoms with Gasteiger partial charge in [-0.25, -0.2) is 0 Å². The van der Waals surface area contributed by atoms with E-state index >= 15 is 0 Å². The molecule has 19 heavy (non-hydrogen) atoms. The number of carbonyl (C=O) groups excluding carboxylic acids is 2. The predicted octanol–water partition coefficient (Wildman–Crippen LogP) is 1.93. The first-order valence-corrected chi connectivity index (χ1v) is 9.03. The first kappa shape index (κ1) is 13.9. The molecule has 0 radical (unpaired) electrons. The van der Waals surface area contributed by atoms with Gasteiger partial charge < -0.3 is 0 Å². The average Bonchev–Trinajstić information content (AvgIpc) is 3.01. The molecular formula is C14H18N2O2V. The van der Waals surface area contributed by atoms with Crippen LogP contribution in [0.3, 0.4) is 0 Å². The van der Waals surface area contributed by atoms with Crippen molar-refractivity contribution in [1.29, 1.82) is 0 Å². The van der Waals surface area contributed by atoms with E-state index in [0.717, 1.165) is 21.4 Å². The van der Waals surface area contributed by atoms with E-state index in [9.17, 15) is 9.59 Å². The number of carbonyl (C=O) groups is 2. The van der Waals surface area contributed by atoms with Crippen LogP contribution in [0.4, 0.5) is 0 Å². The van der Waals surface area contributed by atoms with Gasteiger partial charge in [0.25, 0.3) is 0 Å². The van der Waals surface area contributed by atoms with Crippen molar-refractivity contribution in [2.45, 2.75) is 26.7 Å². The average molecular weight is 297 g/mol. The van der Waals surface area contributed by atoms with Crippen LogP contribution in [0.1, 0.15) is 26.7 Å². The molecule has 4 nitrogen and oxygen atoms in total. The molecule has 0 heterocycles. The van der Waals surface area contributed by atoms with Gasteiger partial charge in [0.1, 0.15) is 0 Å². The minimum absolute atomic E-state index is 0.0955. The first-order chi connectivity index (χ1) is 9.04. The Morgan fingerprint density at radius 3 is 1.63 bits per heavy atom. The Kier molecular flexibility index (Phi) is 4.12. The van der Waals surface area contributed by atoms with E-state index in [-0.39, 0.29) is 11.8 Å². The van der Waals surface area contributed by atoms with Gasteiger partial charge in [0.15, 0.2) is 0 Å². The molecule has 0 spiro atoms. The number of amides is 2. The van der Waals surface area contributed by atoms with Crippen LogP contribution in [0.2, 0.25) is 0 Å². The minimum atomic E-state index is -3.08. The molecule has 0 saturated heterocycles. The predicted molar refractivity (Wildman–Crippen MR) is 71.3 cm³/mol.